The van der Waals surface area contributed by atoms with Gasteiger partial charge in [0.05, 0.1) is 22.1 Å². The van der Waals surface area contributed by atoms with Gasteiger partial charge >= 0.3 is 6.61 Å². The van der Waals surface area contributed by atoms with Crippen LogP contribution in [0.3, 0.4) is 0 Å². The number of carbonyl (C=O) groups is 1. The van der Waals surface area contributed by atoms with Crippen molar-refractivity contribution in [1.82, 2.24) is 9.78 Å². The normalized spacial score (nSPS) is 12.3. The fourth-order valence-electron chi connectivity index (χ4n) is 2.56. The van der Waals surface area contributed by atoms with Crippen LogP contribution in [0.25, 0.3) is 0 Å². The van der Waals surface area contributed by atoms with Crippen molar-refractivity contribution < 1.29 is 18.3 Å². The number of aryl methyl sites for hydroxylation is 2. The van der Waals surface area contributed by atoms with Gasteiger partial charge in [0.15, 0.2) is 0 Å². The number of rotatable bonds is 6. The van der Waals surface area contributed by atoms with E-state index in [1.807, 2.05) is 6.92 Å². The van der Waals surface area contributed by atoms with Gasteiger partial charge in [0, 0.05) is 0 Å². The molecular formula is C17H20ClF2N3O2. The molecule has 2 rings (SSSR count). The number of nitrogens with zero attached hydrogens (tertiary/aromatic N) is 2. The highest BCUT2D eigenvalue weighted by Gasteiger charge is 2.24. The van der Waals surface area contributed by atoms with Crippen molar-refractivity contribution in [3.63, 3.8) is 0 Å². The highest BCUT2D eigenvalue weighted by Crippen LogP contribution is 2.29. The van der Waals surface area contributed by atoms with Crippen LogP contribution in [-0.2, 0) is 4.79 Å². The van der Waals surface area contributed by atoms with Crippen LogP contribution >= 0.6 is 11.6 Å². The maximum atomic E-state index is 12.7. The summed E-state index contributed by atoms with van der Waals surface area (Å²) in [5, 5.41) is 7.45. The van der Waals surface area contributed by atoms with E-state index in [-0.39, 0.29) is 17.3 Å². The zero-order valence-electron chi connectivity index (χ0n) is 14.4. The van der Waals surface area contributed by atoms with Gasteiger partial charge in [0.25, 0.3) is 0 Å². The first-order valence-electron chi connectivity index (χ1n) is 7.82. The van der Waals surface area contributed by atoms with Gasteiger partial charge in [-0.1, -0.05) is 24.6 Å². The molecule has 1 unspecified atom stereocenters. The first-order chi connectivity index (χ1) is 11.7. The van der Waals surface area contributed by atoms with Crippen molar-refractivity contribution >= 4 is 23.2 Å². The minimum Gasteiger partial charge on any atom is -0.433 e. The first-order valence-corrected chi connectivity index (χ1v) is 8.19. The molecule has 0 aliphatic heterocycles. The molecule has 0 saturated carbocycles. The molecule has 25 heavy (non-hydrogen) atoms. The third-order valence-electron chi connectivity index (χ3n) is 3.83. The lowest BCUT2D eigenvalue weighted by atomic mass is 10.1. The average molecular weight is 372 g/mol. The number of aromatic nitrogens is 2. The minimum atomic E-state index is -2.98. The smallest absolute Gasteiger partial charge is 0.387 e. The van der Waals surface area contributed by atoms with Gasteiger partial charge in [0.1, 0.15) is 11.8 Å². The van der Waals surface area contributed by atoms with Gasteiger partial charge in [-0.25, -0.2) is 0 Å². The number of nitrogens with one attached hydrogen (secondary N) is 1. The van der Waals surface area contributed by atoms with Gasteiger partial charge in [0.2, 0.25) is 5.91 Å². The number of hydrogen-bond donors (Lipinski definition) is 1. The number of amides is 1. The Bertz CT molecular complexity index is 777. The van der Waals surface area contributed by atoms with E-state index in [0.717, 1.165) is 5.56 Å². The van der Waals surface area contributed by atoms with E-state index in [1.54, 1.807) is 31.5 Å². The monoisotopic (exact) mass is 371 g/mol. The number of anilines is 1. The second-order valence-corrected chi connectivity index (χ2v) is 6.10. The van der Waals surface area contributed by atoms with Crippen LogP contribution in [0.15, 0.2) is 18.2 Å². The Morgan fingerprint density at radius 2 is 2.04 bits per heavy atom. The van der Waals surface area contributed by atoms with Crippen LogP contribution in [-0.4, -0.2) is 22.3 Å². The van der Waals surface area contributed by atoms with Crippen molar-refractivity contribution in [2.75, 3.05) is 5.32 Å². The number of alkyl halides is 2. The second-order valence-electron chi connectivity index (χ2n) is 5.72. The molecule has 1 N–H and O–H groups in total. The fourth-order valence-corrected chi connectivity index (χ4v) is 2.68. The SMILES string of the molecule is CCC(C(=O)Nc1ccc(C)cc1OC(F)F)n1nc(C)c(Cl)c1C. The molecule has 1 amide bonds. The summed E-state index contributed by atoms with van der Waals surface area (Å²) in [6.45, 7) is 4.13. The molecule has 0 aliphatic carbocycles. The number of carbonyl (C=O) groups excluding carboxylic acids is 1. The minimum absolute atomic E-state index is 0.0791. The first kappa shape index (κ1) is 19.2. The van der Waals surface area contributed by atoms with Crippen molar-refractivity contribution in [2.24, 2.45) is 0 Å². The summed E-state index contributed by atoms with van der Waals surface area (Å²) in [6, 6.07) is 4.07. The van der Waals surface area contributed by atoms with E-state index >= 15 is 0 Å². The molecule has 136 valence electrons. The molecule has 0 radical (unpaired) electrons. The molecule has 0 spiro atoms. The van der Waals surface area contributed by atoms with Crippen molar-refractivity contribution in [3.05, 3.63) is 40.2 Å². The Labute approximate surface area is 149 Å². The van der Waals surface area contributed by atoms with E-state index in [1.165, 1.54) is 12.1 Å². The molecule has 8 heteroatoms. The molecule has 0 aliphatic rings. The predicted molar refractivity (Wildman–Crippen MR) is 92.5 cm³/mol. The van der Waals surface area contributed by atoms with E-state index in [2.05, 4.69) is 15.2 Å². The topological polar surface area (TPSA) is 56.1 Å². The molecule has 0 bridgehead atoms. The van der Waals surface area contributed by atoms with Gasteiger partial charge in [-0.2, -0.15) is 13.9 Å². The Morgan fingerprint density at radius 3 is 2.56 bits per heavy atom. The Morgan fingerprint density at radius 1 is 1.36 bits per heavy atom. The van der Waals surface area contributed by atoms with E-state index in [4.69, 9.17) is 11.6 Å². The Kier molecular flexibility index (Phi) is 6.00. The number of benzene rings is 1. The van der Waals surface area contributed by atoms with E-state index in [0.29, 0.717) is 22.8 Å². The summed E-state index contributed by atoms with van der Waals surface area (Å²) >= 11 is 6.15. The lowest BCUT2D eigenvalue weighted by Gasteiger charge is -2.19. The number of ether oxygens (including phenoxy) is 1. The summed E-state index contributed by atoms with van der Waals surface area (Å²) in [5.74, 6) is -0.461. The van der Waals surface area contributed by atoms with Crippen LogP contribution in [0.2, 0.25) is 5.02 Å². The summed E-state index contributed by atoms with van der Waals surface area (Å²) in [4.78, 5) is 12.7. The molecule has 1 atom stereocenters. The van der Waals surface area contributed by atoms with Gasteiger partial charge in [-0.15, -0.1) is 0 Å². The number of halogens is 3. The standard InChI is InChI=1S/C17H20ClF2N3O2/c1-5-13(23-11(4)15(18)10(3)22-23)16(24)21-12-7-6-9(2)8-14(12)25-17(19)20/h6-8,13,17H,5H2,1-4H3,(H,21,24). The van der Waals surface area contributed by atoms with Crippen molar-refractivity contribution in [1.29, 1.82) is 0 Å². The van der Waals surface area contributed by atoms with Gasteiger partial charge in [-0.3, -0.25) is 9.48 Å². The molecule has 0 fully saturated rings. The van der Waals surface area contributed by atoms with E-state index < -0.39 is 12.7 Å². The summed E-state index contributed by atoms with van der Waals surface area (Å²) in [5.41, 5.74) is 2.23. The summed E-state index contributed by atoms with van der Waals surface area (Å²) < 4.78 is 31.2. The summed E-state index contributed by atoms with van der Waals surface area (Å²) in [7, 11) is 0. The van der Waals surface area contributed by atoms with Crippen LogP contribution in [0.1, 0.15) is 36.3 Å². The third-order valence-corrected chi connectivity index (χ3v) is 4.38. The lowest BCUT2D eigenvalue weighted by Crippen LogP contribution is -2.27. The lowest BCUT2D eigenvalue weighted by molar-refractivity contribution is -0.119. The zero-order valence-corrected chi connectivity index (χ0v) is 15.2. The Balaban J connectivity index is 2.29. The maximum absolute atomic E-state index is 12.7. The number of hydrogen-bond acceptors (Lipinski definition) is 3. The third kappa shape index (κ3) is 4.28. The summed E-state index contributed by atoms with van der Waals surface area (Å²) in [6.07, 6.45) is 0.459. The molecule has 5 nitrogen and oxygen atoms in total. The fraction of sp³-hybridized carbons (Fsp3) is 0.412. The van der Waals surface area contributed by atoms with Crippen molar-refractivity contribution in [3.8, 4) is 5.75 Å². The van der Waals surface area contributed by atoms with E-state index in [9.17, 15) is 13.6 Å². The van der Waals surface area contributed by atoms with Gasteiger partial charge in [-0.05, 0) is 44.9 Å². The quantitative estimate of drug-likeness (QED) is 0.803. The largest absolute Gasteiger partial charge is 0.433 e. The maximum Gasteiger partial charge on any atom is 0.387 e. The highest BCUT2D eigenvalue weighted by molar-refractivity contribution is 6.31. The van der Waals surface area contributed by atoms with Crippen LogP contribution in [0.5, 0.6) is 5.75 Å². The van der Waals surface area contributed by atoms with Gasteiger partial charge < -0.3 is 10.1 Å². The van der Waals surface area contributed by atoms with Crippen LogP contribution in [0.4, 0.5) is 14.5 Å². The second kappa shape index (κ2) is 7.82. The highest BCUT2D eigenvalue weighted by atomic mass is 35.5. The van der Waals surface area contributed by atoms with Crippen LogP contribution < -0.4 is 10.1 Å². The molecule has 1 aromatic carbocycles. The molecule has 0 saturated heterocycles. The van der Waals surface area contributed by atoms with Crippen LogP contribution in [0, 0.1) is 20.8 Å². The molecule has 1 aromatic heterocycles. The Hall–Kier alpha value is -2.15. The molecule has 1 heterocycles. The van der Waals surface area contributed by atoms with Crippen molar-refractivity contribution in [2.45, 2.75) is 46.8 Å². The average Bonchev–Trinajstić information content (AvgIpc) is 2.78. The zero-order chi connectivity index (χ0) is 18.7. The predicted octanol–water partition coefficient (Wildman–Crippen LogP) is 4.65. The molecule has 2 aromatic rings. The molecular weight excluding hydrogens is 352 g/mol.